The maximum atomic E-state index is 12.6. The van der Waals surface area contributed by atoms with Crippen molar-refractivity contribution < 1.29 is 4.79 Å². The van der Waals surface area contributed by atoms with Crippen molar-refractivity contribution in [1.29, 1.82) is 0 Å². The maximum absolute atomic E-state index is 12.6. The summed E-state index contributed by atoms with van der Waals surface area (Å²) >= 11 is 6.41. The first kappa shape index (κ1) is 21.7. The first-order valence-corrected chi connectivity index (χ1v) is 11.7. The molecular formula is C24H26ClN7O. The Morgan fingerprint density at radius 3 is 2.79 bits per heavy atom. The van der Waals surface area contributed by atoms with Crippen LogP contribution in [0.15, 0.2) is 43.0 Å². The average molecular weight is 464 g/mol. The van der Waals surface area contributed by atoms with Crippen molar-refractivity contribution >= 4 is 29.1 Å². The van der Waals surface area contributed by atoms with Crippen molar-refractivity contribution in [3.8, 4) is 11.4 Å². The van der Waals surface area contributed by atoms with Crippen molar-refractivity contribution in [2.45, 2.75) is 32.2 Å². The molecule has 1 amide bonds. The number of hydrogen-bond acceptors (Lipinski definition) is 7. The van der Waals surface area contributed by atoms with Crippen LogP contribution in [0.25, 0.3) is 11.4 Å². The normalized spacial score (nSPS) is 21.1. The predicted molar refractivity (Wildman–Crippen MR) is 127 cm³/mol. The van der Waals surface area contributed by atoms with E-state index in [1.165, 1.54) is 6.33 Å². The molecule has 8 nitrogen and oxygen atoms in total. The second-order valence-electron chi connectivity index (χ2n) is 8.63. The molecular weight excluding hydrogens is 438 g/mol. The number of piperidine rings is 1. The molecule has 3 aromatic rings. The van der Waals surface area contributed by atoms with Gasteiger partial charge in [-0.15, -0.1) is 0 Å². The zero-order valence-corrected chi connectivity index (χ0v) is 19.1. The minimum Gasteiger partial charge on any atom is -0.356 e. The molecule has 170 valence electrons. The third kappa shape index (κ3) is 5.46. The van der Waals surface area contributed by atoms with Gasteiger partial charge >= 0.3 is 0 Å². The number of nitrogens with one attached hydrogen (secondary N) is 2. The maximum Gasteiger partial charge on any atom is 0.230 e. The Hall–Kier alpha value is -3.10. The highest BCUT2D eigenvalue weighted by molar-refractivity contribution is 6.30. The summed E-state index contributed by atoms with van der Waals surface area (Å²) in [5, 5.41) is 7.03. The van der Waals surface area contributed by atoms with Crippen LogP contribution in [0.2, 0.25) is 5.02 Å². The Morgan fingerprint density at radius 1 is 1.03 bits per heavy atom. The number of aromatic nitrogens is 4. The van der Waals surface area contributed by atoms with Crippen LogP contribution in [0, 0.1) is 5.92 Å². The van der Waals surface area contributed by atoms with Crippen LogP contribution in [0.5, 0.6) is 0 Å². The van der Waals surface area contributed by atoms with Crippen molar-refractivity contribution in [3.05, 3.63) is 59.1 Å². The molecule has 3 aliphatic rings. The van der Waals surface area contributed by atoms with Crippen LogP contribution in [0.1, 0.15) is 30.4 Å². The summed E-state index contributed by atoms with van der Waals surface area (Å²) in [6, 6.07) is 7.95. The third-order valence-corrected chi connectivity index (χ3v) is 6.36. The minimum absolute atomic E-state index is 0.0849. The zero-order valence-electron chi connectivity index (χ0n) is 18.3. The molecule has 6 rings (SSSR count). The summed E-state index contributed by atoms with van der Waals surface area (Å²) in [5.41, 5.74) is 3.84. The summed E-state index contributed by atoms with van der Waals surface area (Å²) < 4.78 is 0. The lowest BCUT2D eigenvalue weighted by molar-refractivity contribution is -0.126. The van der Waals surface area contributed by atoms with Gasteiger partial charge in [0.1, 0.15) is 6.33 Å². The lowest BCUT2D eigenvalue weighted by Gasteiger charge is -2.31. The van der Waals surface area contributed by atoms with Gasteiger partial charge in [-0.3, -0.25) is 14.7 Å². The summed E-state index contributed by atoms with van der Waals surface area (Å²) in [5.74, 6) is 1.26. The molecule has 0 atom stereocenters. The second kappa shape index (κ2) is 9.80. The highest BCUT2D eigenvalue weighted by Crippen LogP contribution is 2.25. The molecule has 5 heterocycles. The topological polar surface area (TPSA) is 95.9 Å². The van der Waals surface area contributed by atoms with E-state index in [0.29, 0.717) is 23.3 Å². The van der Waals surface area contributed by atoms with Gasteiger partial charge in [-0.05, 0) is 74.2 Å². The lowest BCUT2D eigenvalue weighted by atomic mass is 9.95. The van der Waals surface area contributed by atoms with E-state index in [9.17, 15) is 4.79 Å². The van der Waals surface area contributed by atoms with Gasteiger partial charge in [0, 0.05) is 47.7 Å². The molecule has 1 saturated heterocycles. The monoisotopic (exact) mass is 463 g/mol. The second-order valence-corrected chi connectivity index (χ2v) is 9.07. The summed E-state index contributed by atoms with van der Waals surface area (Å²) in [6.07, 6.45) is 8.51. The van der Waals surface area contributed by atoms with Crippen molar-refractivity contribution in [3.63, 3.8) is 0 Å². The molecule has 33 heavy (non-hydrogen) atoms. The summed E-state index contributed by atoms with van der Waals surface area (Å²) in [4.78, 5) is 32.5. The standard InChI is InChI=1S/C24H26ClN7O/c25-20-9-17-10-21(11-20)30-24-29-15-28-22(31-24)19-8-16(12-26-13-19)2-1-5-27-23(33)18-3-6-32(14-17)7-4-18/h8-13,15,18H,1-7,14H2,(H,27,33)(H,28,29,30,31). The number of halogens is 1. The van der Waals surface area contributed by atoms with Gasteiger partial charge < -0.3 is 10.6 Å². The SMILES string of the molecule is O=C1NCCCc2cncc(c2)-c2ncnc(n2)Nc2cc(Cl)cc(c2)CN2CCC1CC2. The van der Waals surface area contributed by atoms with Crippen LogP contribution in [-0.2, 0) is 17.8 Å². The highest BCUT2D eigenvalue weighted by atomic mass is 35.5. The molecule has 0 aliphatic carbocycles. The molecule has 0 saturated carbocycles. The Kier molecular flexibility index (Phi) is 6.46. The molecule has 2 N–H and O–H groups in total. The zero-order chi connectivity index (χ0) is 22.6. The quantitative estimate of drug-likeness (QED) is 0.525. The smallest absolute Gasteiger partial charge is 0.230 e. The van der Waals surface area contributed by atoms with Crippen molar-refractivity contribution in [2.24, 2.45) is 5.92 Å². The van der Waals surface area contributed by atoms with Gasteiger partial charge in [-0.2, -0.15) is 4.98 Å². The molecule has 0 radical (unpaired) electrons. The van der Waals surface area contributed by atoms with Crippen LogP contribution < -0.4 is 10.6 Å². The van der Waals surface area contributed by atoms with Crippen LogP contribution >= 0.6 is 11.6 Å². The number of amides is 1. The molecule has 1 aromatic carbocycles. The first-order valence-electron chi connectivity index (χ1n) is 11.3. The fourth-order valence-corrected chi connectivity index (χ4v) is 4.70. The Bertz CT molecular complexity index is 1150. The predicted octanol–water partition coefficient (Wildman–Crippen LogP) is 3.61. The number of benzene rings is 1. The van der Waals surface area contributed by atoms with Gasteiger partial charge in [-0.1, -0.05) is 11.6 Å². The van der Waals surface area contributed by atoms with Gasteiger partial charge in [0.15, 0.2) is 5.82 Å². The number of anilines is 2. The first-order chi connectivity index (χ1) is 16.1. The van der Waals surface area contributed by atoms with E-state index >= 15 is 0 Å². The Labute approximate surface area is 197 Å². The van der Waals surface area contributed by atoms with E-state index in [0.717, 1.165) is 67.7 Å². The lowest BCUT2D eigenvalue weighted by Crippen LogP contribution is -2.40. The van der Waals surface area contributed by atoms with Gasteiger partial charge in [-0.25, -0.2) is 9.97 Å². The number of aryl methyl sites for hydroxylation is 1. The van der Waals surface area contributed by atoms with Gasteiger partial charge in [0.2, 0.25) is 11.9 Å². The van der Waals surface area contributed by atoms with E-state index in [1.54, 1.807) is 6.20 Å². The van der Waals surface area contributed by atoms with E-state index in [2.05, 4.69) is 41.5 Å². The fourth-order valence-electron chi connectivity index (χ4n) is 4.45. The number of nitrogens with zero attached hydrogens (tertiary/aromatic N) is 5. The molecule has 1 fully saturated rings. The van der Waals surface area contributed by atoms with Gasteiger partial charge in [0.05, 0.1) is 0 Å². The largest absolute Gasteiger partial charge is 0.356 e. The number of rotatable bonds is 0. The number of hydrogen-bond donors (Lipinski definition) is 2. The molecule has 8 bridgehead atoms. The third-order valence-electron chi connectivity index (χ3n) is 6.14. The highest BCUT2D eigenvalue weighted by Gasteiger charge is 2.25. The molecule has 0 unspecified atom stereocenters. The van der Waals surface area contributed by atoms with E-state index < -0.39 is 0 Å². The van der Waals surface area contributed by atoms with Gasteiger partial charge in [0.25, 0.3) is 0 Å². The van der Waals surface area contributed by atoms with E-state index in [1.807, 2.05) is 24.4 Å². The molecule has 9 heteroatoms. The molecule has 2 aromatic heterocycles. The fraction of sp³-hybridized carbons (Fsp3) is 0.375. The van der Waals surface area contributed by atoms with E-state index in [4.69, 9.17) is 11.6 Å². The van der Waals surface area contributed by atoms with Crippen LogP contribution in [0.4, 0.5) is 11.6 Å². The van der Waals surface area contributed by atoms with Crippen LogP contribution in [-0.4, -0.2) is 50.4 Å². The van der Waals surface area contributed by atoms with Crippen LogP contribution in [0.3, 0.4) is 0 Å². The Balaban J connectivity index is 1.45. The number of carbonyl (C=O) groups excluding carboxylic acids is 1. The molecule has 3 aliphatic heterocycles. The van der Waals surface area contributed by atoms with Crippen molar-refractivity contribution in [1.82, 2.24) is 30.2 Å². The average Bonchev–Trinajstić information content (AvgIpc) is 2.82. The van der Waals surface area contributed by atoms with Crippen molar-refractivity contribution in [2.75, 3.05) is 25.0 Å². The molecule has 0 spiro atoms. The van der Waals surface area contributed by atoms with E-state index in [-0.39, 0.29) is 11.8 Å². The summed E-state index contributed by atoms with van der Waals surface area (Å²) in [6.45, 7) is 3.23. The number of fused-ring (bicyclic) bond motifs is 6. The minimum atomic E-state index is 0.0849. The number of carbonyl (C=O) groups is 1. The summed E-state index contributed by atoms with van der Waals surface area (Å²) in [7, 11) is 0. The number of pyridine rings is 1. The Morgan fingerprint density at radius 2 is 1.91 bits per heavy atom.